The molecule has 0 radical (unpaired) electrons. The van der Waals surface area contributed by atoms with Gasteiger partial charge in [-0.1, -0.05) is 57.7 Å². The van der Waals surface area contributed by atoms with Crippen LogP contribution in [0.25, 0.3) is 11.0 Å². The number of fused-ring (bicyclic) bond motifs is 2. The molecule has 220 valence electrons. The van der Waals surface area contributed by atoms with Gasteiger partial charge in [0.2, 0.25) is 18.6 Å². The molecule has 0 atom stereocenters. The van der Waals surface area contributed by atoms with Crippen molar-refractivity contribution in [2.24, 2.45) is 5.92 Å². The fraction of sp³-hybridized carbons (Fsp3) is 0.469. The molecule has 0 bridgehead atoms. The van der Waals surface area contributed by atoms with Gasteiger partial charge in [0.25, 0.3) is 0 Å². The van der Waals surface area contributed by atoms with Gasteiger partial charge in [-0.2, -0.15) is 0 Å². The highest BCUT2D eigenvalue weighted by Gasteiger charge is 2.24. The minimum Gasteiger partial charge on any atom is -0.464 e. The lowest BCUT2D eigenvalue weighted by atomic mass is 10.1. The Morgan fingerprint density at radius 1 is 0.951 bits per heavy atom. The van der Waals surface area contributed by atoms with Gasteiger partial charge in [-0.25, -0.2) is 0 Å². The van der Waals surface area contributed by atoms with Crippen LogP contribution in [0.3, 0.4) is 0 Å². The first kappa shape index (κ1) is 30.4. The molecule has 0 N–H and O–H groups in total. The van der Waals surface area contributed by atoms with Crippen LogP contribution in [0, 0.1) is 5.92 Å². The molecule has 1 aliphatic heterocycles. The Bertz CT molecular complexity index is 1420. The van der Waals surface area contributed by atoms with Gasteiger partial charge >= 0.3 is 0 Å². The van der Waals surface area contributed by atoms with E-state index in [-0.39, 0.29) is 43.7 Å². The third-order valence-corrected chi connectivity index (χ3v) is 7.46. The Hall–Kier alpha value is -3.52. The number of carbonyl (C=O) groups is 2. The molecule has 8 nitrogen and oxygen atoms in total. The average Bonchev–Trinajstić information content (AvgIpc) is 3.42. The second kappa shape index (κ2) is 14.4. The van der Waals surface area contributed by atoms with Crippen LogP contribution >= 0.6 is 11.6 Å². The zero-order valence-corrected chi connectivity index (χ0v) is 24.9. The van der Waals surface area contributed by atoms with Gasteiger partial charge in [-0.15, -0.1) is 0 Å². The van der Waals surface area contributed by atoms with E-state index in [0.29, 0.717) is 51.9 Å². The van der Waals surface area contributed by atoms with Gasteiger partial charge in [-0.3, -0.25) is 14.4 Å². The van der Waals surface area contributed by atoms with Crippen molar-refractivity contribution >= 4 is 34.4 Å². The van der Waals surface area contributed by atoms with Crippen molar-refractivity contribution in [3.05, 3.63) is 69.0 Å². The SMILES string of the molecule is CCCCCCC(=O)N(CCC(C)C)CC(=O)N(Cc1ccc2c(c1)OCO2)Cc1coc2ccc(Cl)cc2c1=O. The number of hydrogen-bond acceptors (Lipinski definition) is 6. The highest BCUT2D eigenvalue weighted by molar-refractivity contribution is 6.31. The summed E-state index contributed by atoms with van der Waals surface area (Å²) in [5.74, 6) is 1.37. The summed E-state index contributed by atoms with van der Waals surface area (Å²) in [6, 6.07) is 10.4. The molecule has 2 amide bonds. The Balaban J connectivity index is 1.59. The van der Waals surface area contributed by atoms with E-state index in [2.05, 4.69) is 20.8 Å². The van der Waals surface area contributed by atoms with E-state index in [0.717, 1.165) is 37.7 Å². The fourth-order valence-corrected chi connectivity index (χ4v) is 4.95. The van der Waals surface area contributed by atoms with Crippen molar-refractivity contribution in [2.45, 2.75) is 72.4 Å². The standard InChI is InChI=1S/C32H39ClN2O6/c1-4-5-6-7-8-30(36)34(14-13-22(2)3)19-31(37)35(17-23-9-11-28-29(15-23)41-21-40-28)18-24-20-39-27-12-10-25(33)16-26(27)32(24)38/h9-12,15-16,20,22H,4-8,13-14,17-19,21H2,1-3H3. The highest BCUT2D eigenvalue weighted by Crippen LogP contribution is 2.33. The minimum absolute atomic E-state index is 0.0147. The predicted octanol–water partition coefficient (Wildman–Crippen LogP) is 6.55. The molecule has 0 aliphatic carbocycles. The van der Waals surface area contributed by atoms with E-state index in [9.17, 15) is 14.4 Å². The summed E-state index contributed by atoms with van der Waals surface area (Å²) in [7, 11) is 0. The third-order valence-electron chi connectivity index (χ3n) is 7.23. The predicted molar refractivity (Wildman–Crippen MR) is 159 cm³/mol. The zero-order valence-electron chi connectivity index (χ0n) is 24.1. The minimum atomic E-state index is -0.251. The number of halogens is 1. The second-order valence-corrected chi connectivity index (χ2v) is 11.4. The van der Waals surface area contributed by atoms with Crippen LogP contribution in [0.2, 0.25) is 5.02 Å². The molecular formula is C32H39ClN2O6. The topological polar surface area (TPSA) is 89.3 Å². The van der Waals surface area contributed by atoms with Crippen LogP contribution in [-0.4, -0.2) is 41.5 Å². The molecule has 1 aliphatic rings. The van der Waals surface area contributed by atoms with Gasteiger partial charge in [0.05, 0.1) is 30.3 Å². The van der Waals surface area contributed by atoms with E-state index in [4.69, 9.17) is 25.5 Å². The maximum absolute atomic E-state index is 13.9. The van der Waals surface area contributed by atoms with Crippen LogP contribution in [0.4, 0.5) is 0 Å². The van der Waals surface area contributed by atoms with E-state index in [1.165, 1.54) is 6.26 Å². The van der Waals surface area contributed by atoms with Crippen LogP contribution in [0.1, 0.15) is 70.4 Å². The average molecular weight is 583 g/mol. The number of unbranched alkanes of at least 4 members (excludes halogenated alkanes) is 3. The number of rotatable bonds is 14. The summed E-state index contributed by atoms with van der Waals surface area (Å²) >= 11 is 6.14. The van der Waals surface area contributed by atoms with Gasteiger partial charge in [0.1, 0.15) is 5.58 Å². The van der Waals surface area contributed by atoms with Crippen molar-refractivity contribution in [1.82, 2.24) is 9.80 Å². The summed E-state index contributed by atoms with van der Waals surface area (Å²) in [4.78, 5) is 43.7. The number of carbonyl (C=O) groups excluding carboxylic acids is 2. The molecule has 0 fully saturated rings. The molecule has 2 aromatic carbocycles. The lowest BCUT2D eigenvalue weighted by Gasteiger charge is -2.28. The van der Waals surface area contributed by atoms with E-state index in [1.807, 2.05) is 18.2 Å². The zero-order chi connectivity index (χ0) is 29.4. The molecular weight excluding hydrogens is 544 g/mol. The second-order valence-electron chi connectivity index (χ2n) is 11.0. The molecule has 4 rings (SSSR count). The highest BCUT2D eigenvalue weighted by atomic mass is 35.5. The van der Waals surface area contributed by atoms with Crippen molar-refractivity contribution in [1.29, 1.82) is 0 Å². The molecule has 1 aromatic heterocycles. The van der Waals surface area contributed by atoms with Gasteiger partial charge in [-0.05, 0) is 54.7 Å². The first-order chi connectivity index (χ1) is 19.7. The quantitative estimate of drug-likeness (QED) is 0.200. The van der Waals surface area contributed by atoms with Gasteiger partial charge in [0.15, 0.2) is 16.9 Å². The first-order valence-corrected chi connectivity index (χ1v) is 14.8. The maximum atomic E-state index is 13.9. The van der Waals surface area contributed by atoms with Crippen LogP contribution in [0.5, 0.6) is 11.5 Å². The molecule has 0 unspecified atom stereocenters. The molecule has 3 aromatic rings. The molecule has 0 spiro atoms. The molecule has 41 heavy (non-hydrogen) atoms. The monoisotopic (exact) mass is 582 g/mol. The largest absolute Gasteiger partial charge is 0.464 e. The number of nitrogens with zero attached hydrogens (tertiary/aromatic N) is 2. The molecule has 9 heteroatoms. The van der Waals surface area contributed by atoms with Crippen molar-refractivity contribution in [3.63, 3.8) is 0 Å². The Morgan fingerprint density at radius 3 is 2.54 bits per heavy atom. The lowest BCUT2D eigenvalue weighted by molar-refractivity contribution is -0.141. The Kier molecular flexibility index (Phi) is 10.7. The number of benzene rings is 2. The number of hydrogen-bond donors (Lipinski definition) is 0. The van der Waals surface area contributed by atoms with Crippen molar-refractivity contribution in [3.8, 4) is 11.5 Å². The van der Waals surface area contributed by atoms with Crippen LogP contribution in [-0.2, 0) is 22.7 Å². The smallest absolute Gasteiger partial charge is 0.242 e. The van der Waals surface area contributed by atoms with E-state index in [1.54, 1.807) is 28.0 Å². The van der Waals surface area contributed by atoms with Gasteiger partial charge < -0.3 is 23.7 Å². The van der Waals surface area contributed by atoms with E-state index >= 15 is 0 Å². The number of ether oxygens (including phenoxy) is 2. The van der Waals surface area contributed by atoms with Gasteiger partial charge in [0, 0.05) is 24.5 Å². The van der Waals surface area contributed by atoms with Crippen LogP contribution in [0.15, 0.2) is 51.9 Å². The first-order valence-electron chi connectivity index (χ1n) is 14.4. The van der Waals surface area contributed by atoms with Crippen molar-refractivity contribution < 1.29 is 23.5 Å². The Morgan fingerprint density at radius 2 is 1.76 bits per heavy atom. The fourth-order valence-electron chi connectivity index (χ4n) is 4.78. The molecule has 2 heterocycles. The molecule has 0 saturated heterocycles. The summed E-state index contributed by atoms with van der Waals surface area (Å²) in [6.45, 7) is 7.15. The van der Waals surface area contributed by atoms with E-state index < -0.39 is 0 Å². The van der Waals surface area contributed by atoms with Crippen molar-refractivity contribution in [2.75, 3.05) is 19.9 Å². The van der Waals surface area contributed by atoms with Crippen LogP contribution < -0.4 is 14.9 Å². The lowest BCUT2D eigenvalue weighted by Crippen LogP contribution is -2.43. The third kappa shape index (κ3) is 8.26. The Labute approximate surface area is 246 Å². The normalized spacial score (nSPS) is 12.2. The maximum Gasteiger partial charge on any atom is 0.242 e. The summed E-state index contributed by atoms with van der Waals surface area (Å²) < 4.78 is 16.7. The summed E-state index contributed by atoms with van der Waals surface area (Å²) in [5, 5.41) is 0.778. The summed E-state index contributed by atoms with van der Waals surface area (Å²) in [5.41, 5.74) is 1.31. The molecule has 0 saturated carbocycles. The summed E-state index contributed by atoms with van der Waals surface area (Å²) in [6.07, 6.45) is 6.59. The number of amides is 2.